The van der Waals surface area contributed by atoms with Gasteiger partial charge in [-0.25, -0.2) is 0 Å². The minimum atomic E-state index is -4.48. The molecule has 1 unspecified atom stereocenters. The summed E-state index contributed by atoms with van der Waals surface area (Å²) in [4.78, 5) is 38.9. The Morgan fingerprint density at radius 3 is 2.02 bits per heavy atom. The molecular weight excluding hydrogens is 846 g/mol. The van der Waals surface area contributed by atoms with Gasteiger partial charge in [0.2, 0.25) is 5.91 Å². The van der Waals surface area contributed by atoms with Gasteiger partial charge >= 0.3 is 6.18 Å². The molecule has 1 saturated heterocycles. The third-order valence-corrected chi connectivity index (χ3v) is 11.5. The van der Waals surface area contributed by atoms with Crippen LogP contribution >= 0.6 is 22.6 Å². The van der Waals surface area contributed by atoms with Crippen molar-refractivity contribution < 1.29 is 32.6 Å². The Hall–Kier alpha value is -4.44. The average Bonchev–Trinajstić information content (AvgIpc) is 3.21. The van der Waals surface area contributed by atoms with Crippen molar-refractivity contribution in [3.8, 4) is 0 Å². The lowest BCUT2D eigenvalue weighted by atomic mass is 10.0. The number of alkyl halides is 4. The molecule has 0 radical (unpaired) electrons. The third-order valence-electron chi connectivity index (χ3n) is 10.0. The van der Waals surface area contributed by atoms with Crippen LogP contribution < -0.4 is 9.80 Å². The van der Waals surface area contributed by atoms with E-state index in [0.717, 1.165) is 53.3 Å². The lowest BCUT2D eigenvalue weighted by Crippen LogP contribution is -2.58. The van der Waals surface area contributed by atoms with E-state index in [4.69, 9.17) is 4.74 Å². The Balaban J connectivity index is 1.40. The number of hydrogen-bond acceptors (Lipinski definition) is 7. The topological polar surface area (TPSA) is 79.8 Å². The Morgan fingerprint density at radius 1 is 0.789 bits per heavy atom. The molecule has 0 spiro atoms. The monoisotopic (exact) mass is 897 g/mol. The van der Waals surface area contributed by atoms with Crippen molar-refractivity contribution in [3.63, 3.8) is 0 Å². The summed E-state index contributed by atoms with van der Waals surface area (Å²) < 4.78 is 43.9. The maximum atomic E-state index is 14.8. The predicted molar refractivity (Wildman–Crippen MR) is 228 cm³/mol. The summed E-state index contributed by atoms with van der Waals surface area (Å²) in [6, 6.07) is 30.3. The Bertz CT molecular complexity index is 1910. The number of amides is 2. The lowest BCUT2D eigenvalue weighted by Gasteiger charge is -2.41. The molecule has 9 nitrogen and oxygen atoms in total. The van der Waals surface area contributed by atoms with E-state index >= 15 is 0 Å². The maximum Gasteiger partial charge on any atom is 0.416 e. The van der Waals surface area contributed by atoms with E-state index in [-0.39, 0.29) is 25.5 Å². The molecule has 1 heterocycles. The maximum absolute atomic E-state index is 14.8. The van der Waals surface area contributed by atoms with E-state index in [1.54, 1.807) is 16.8 Å². The zero-order valence-electron chi connectivity index (χ0n) is 32.7. The first-order chi connectivity index (χ1) is 27.3. The fourth-order valence-electron chi connectivity index (χ4n) is 6.63. The van der Waals surface area contributed by atoms with Crippen LogP contribution in [0, 0.1) is 0 Å². The highest BCUT2D eigenvalue weighted by Crippen LogP contribution is 2.34. The number of ether oxygens (including phenoxy) is 1. The average molecular weight is 898 g/mol. The van der Waals surface area contributed by atoms with Crippen LogP contribution in [0.2, 0.25) is 0 Å². The molecule has 4 aromatic rings. The minimum absolute atomic E-state index is 0.0743. The van der Waals surface area contributed by atoms with Crippen LogP contribution in [-0.2, 0) is 40.0 Å². The highest BCUT2D eigenvalue weighted by atomic mass is 127. The van der Waals surface area contributed by atoms with Crippen molar-refractivity contribution in [1.82, 2.24) is 14.7 Å². The molecule has 0 saturated carbocycles. The van der Waals surface area contributed by atoms with Gasteiger partial charge in [-0.3, -0.25) is 9.59 Å². The number of halogens is 4. The molecular formula is C44H51F3IN5O4. The quantitative estimate of drug-likeness (QED) is 0.0531. The minimum Gasteiger partial charge on any atom is -0.395 e. The van der Waals surface area contributed by atoms with Crippen molar-refractivity contribution in [3.05, 3.63) is 137 Å². The van der Waals surface area contributed by atoms with Gasteiger partial charge in [0, 0.05) is 83.8 Å². The number of benzene rings is 4. The fourth-order valence-corrected chi connectivity index (χ4v) is 7.89. The van der Waals surface area contributed by atoms with E-state index in [2.05, 4.69) is 44.5 Å². The molecule has 304 valence electrons. The SMILES string of the molecule is CN(CCN(C)C(=O)C(I)(Cc1ccccc1)N(Cc1ccc(N2CCOCC2)cc1)C(=O)C=Cc1ccc(C(F)(F)F)cc1)Cc1ccc(N(C)CCO)cc1. The second-order valence-corrected chi connectivity index (χ2v) is 16.1. The summed E-state index contributed by atoms with van der Waals surface area (Å²) in [5.74, 6) is -0.706. The van der Waals surface area contributed by atoms with E-state index in [0.29, 0.717) is 45.0 Å². The second-order valence-electron chi connectivity index (χ2n) is 14.3. The molecule has 1 aliphatic heterocycles. The van der Waals surface area contributed by atoms with Gasteiger partial charge in [-0.15, -0.1) is 0 Å². The summed E-state index contributed by atoms with van der Waals surface area (Å²) in [6.07, 6.45) is -1.44. The molecule has 1 N–H and O–H groups in total. The van der Waals surface area contributed by atoms with Crippen molar-refractivity contribution in [1.29, 1.82) is 0 Å². The Kier molecular flexibility index (Phi) is 15.6. The smallest absolute Gasteiger partial charge is 0.395 e. The molecule has 5 rings (SSSR count). The van der Waals surface area contributed by atoms with E-state index < -0.39 is 21.2 Å². The van der Waals surface area contributed by atoms with Gasteiger partial charge in [0.1, 0.15) is 0 Å². The van der Waals surface area contributed by atoms with Crippen LogP contribution in [0.4, 0.5) is 24.5 Å². The van der Waals surface area contributed by atoms with Gasteiger partial charge in [-0.1, -0.05) is 66.7 Å². The number of rotatable bonds is 17. The first-order valence-electron chi connectivity index (χ1n) is 18.9. The molecule has 1 atom stereocenters. The lowest BCUT2D eigenvalue weighted by molar-refractivity contribution is -0.144. The van der Waals surface area contributed by atoms with E-state index in [1.807, 2.05) is 85.7 Å². The molecule has 0 aromatic heterocycles. The summed E-state index contributed by atoms with van der Waals surface area (Å²) >= 11 is 2.12. The van der Waals surface area contributed by atoms with Crippen LogP contribution in [0.25, 0.3) is 6.08 Å². The summed E-state index contributed by atoms with van der Waals surface area (Å²) in [6.45, 7) is 5.19. The van der Waals surface area contributed by atoms with Crippen molar-refractivity contribution in [2.75, 3.05) is 83.5 Å². The highest BCUT2D eigenvalue weighted by Gasteiger charge is 2.45. The number of hydrogen-bond donors (Lipinski definition) is 1. The molecule has 0 aliphatic carbocycles. The Morgan fingerprint density at radius 2 is 1.40 bits per heavy atom. The van der Waals surface area contributed by atoms with Crippen molar-refractivity contribution in [2.24, 2.45) is 0 Å². The first kappa shape index (κ1) is 43.7. The van der Waals surface area contributed by atoms with Gasteiger partial charge in [-0.2, -0.15) is 13.2 Å². The fraction of sp³-hybridized carbons (Fsp3) is 0.364. The predicted octanol–water partition coefficient (Wildman–Crippen LogP) is 6.98. The van der Waals surface area contributed by atoms with Crippen LogP contribution in [-0.4, -0.2) is 109 Å². The van der Waals surface area contributed by atoms with Gasteiger partial charge in [0.05, 0.1) is 25.4 Å². The summed E-state index contributed by atoms with van der Waals surface area (Å²) in [5.41, 5.74) is 4.49. The highest BCUT2D eigenvalue weighted by molar-refractivity contribution is 14.1. The summed E-state index contributed by atoms with van der Waals surface area (Å²) in [7, 11) is 5.67. The molecule has 0 bridgehead atoms. The second kappa shape index (κ2) is 20.3. The van der Waals surface area contributed by atoms with Gasteiger partial charge in [0.15, 0.2) is 3.55 Å². The number of morpholine rings is 1. The number of likely N-dealkylation sites (N-methyl/N-ethyl adjacent to an activating group) is 3. The van der Waals surface area contributed by atoms with E-state index in [1.165, 1.54) is 24.3 Å². The van der Waals surface area contributed by atoms with Crippen molar-refractivity contribution >= 4 is 51.9 Å². The van der Waals surface area contributed by atoms with E-state index in [9.17, 15) is 27.9 Å². The first-order valence-corrected chi connectivity index (χ1v) is 20.0. The number of nitrogens with zero attached hydrogens (tertiary/aromatic N) is 5. The Labute approximate surface area is 347 Å². The standard InChI is InChI=1S/C44H51F3IN5O4/c1-49(32-36-11-18-39(19-12-36)50(2)25-28-54)23-24-51(3)42(56)43(48,31-35-7-5-4-6-8-35)53(33-37-13-20-40(21-14-37)52-26-29-57-30-27-52)41(55)22-15-34-9-16-38(17-10-34)44(45,46)47/h4-22,54H,23-33H2,1-3H3. The number of aliphatic hydroxyl groups is 1. The third kappa shape index (κ3) is 12.3. The molecule has 1 fully saturated rings. The number of aliphatic hydroxyl groups excluding tert-OH is 1. The zero-order valence-corrected chi connectivity index (χ0v) is 34.8. The van der Waals surface area contributed by atoms with Crippen LogP contribution in [0.3, 0.4) is 0 Å². The van der Waals surface area contributed by atoms with Gasteiger partial charge < -0.3 is 34.3 Å². The summed E-state index contributed by atoms with van der Waals surface area (Å²) in [5, 5.41) is 9.28. The van der Waals surface area contributed by atoms with Crippen LogP contribution in [0.5, 0.6) is 0 Å². The number of carbonyl (C=O) groups excluding carboxylic acids is 2. The molecule has 57 heavy (non-hydrogen) atoms. The molecule has 2 amide bonds. The molecule has 13 heteroatoms. The largest absolute Gasteiger partial charge is 0.416 e. The van der Waals surface area contributed by atoms with Crippen LogP contribution in [0.1, 0.15) is 27.8 Å². The number of carbonyl (C=O) groups is 2. The normalized spacial score (nSPS) is 14.4. The van der Waals surface area contributed by atoms with Crippen LogP contribution in [0.15, 0.2) is 109 Å². The molecule has 1 aliphatic rings. The van der Waals surface area contributed by atoms with Gasteiger partial charge in [0.25, 0.3) is 5.91 Å². The van der Waals surface area contributed by atoms with Crippen molar-refractivity contribution in [2.45, 2.75) is 29.2 Å². The number of anilines is 2. The van der Waals surface area contributed by atoms with Gasteiger partial charge in [-0.05, 0) is 94.4 Å². The zero-order chi connectivity index (χ0) is 41.0. The molecule has 4 aromatic carbocycles.